The summed E-state index contributed by atoms with van der Waals surface area (Å²) in [5.74, 6) is 0.00766. The molecule has 0 radical (unpaired) electrons. The highest BCUT2D eigenvalue weighted by atomic mass is 32.2. The van der Waals surface area contributed by atoms with E-state index >= 15 is 0 Å². The van der Waals surface area contributed by atoms with Crippen molar-refractivity contribution in [2.24, 2.45) is 0 Å². The Bertz CT molecular complexity index is 821. The van der Waals surface area contributed by atoms with E-state index in [2.05, 4.69) is 15.3 Å². The second-order valence-electron chi connectivity index (χ2n) is 5.15. The van der Waals surface area contributed by atoms with E-state index in [1.54, 1.807) is 18.2 Å². The van der Waals surface area contributed by atoms with Gasteiger partial charge in [0.15, 0.2) is 0 Å². The molecule has 0 saturated heterocycles. The molecule has 9 heteroatoms. The topological polar surface area (TPSA) is 92.3 Å². The van der Waals surface area contributed by atoms with Crippen LogP contribution in [0.25, 0.3) is 0 Å². The summed E-state index contributed by atoms with van der Waals surface area (Å²) < 4.78 is 25.1. The Morgan fingerprint density at radius 3 is 2.46 bits per heavy atom. The molecule has 1 amide bonds. The lowest BCUT2D eigenvalue weighted by atomic mass is 10.3. The maximum absolute atomic E-state index is 12.0. The zero-order valence-corrected chi connectivity index (χ0v) is 15.2. The number of anilines is 1. The number of aromatic nitrogens is 2. The van der Waals surface area contributed by atoms with Gasteiger partial charge in [-0.2, -0.15) is 0 Å². The van der Waals surface area contributed by atoms with Crippen molar-refractivity contribution < 1.29 is 13.2 Å². The van der Waals surface area contributed by atoms with Crippen LogP contribution in [0.3, 0.4) is 0 Å². The number of nitrogens with zero attached hydrogens (tertiary/aromatic N) is 3. The Labute approximate surface area is 145 Å². The van der Waals surface area contributed by atoms with Crippen LogP contribution in [0.1, 0.15) is 5.69 Å². The lowest BCUT2D eigenvalue weighted by Gasteiger charge is -2.12. The maximum Gasteiger partial charge on any atom is 0.242 e. The van der Waals surface area contributed by atoms with Crippen LogP contribution in [0.4, 0.5) is 5.69 Å². The quantitative estimate of drug-likeness (QED) is 0.619. The molecule has 7 nitrogen and oxygen atoms in total. The molecular weight excluding hydrogens is 348 g/mol. The lowest BCUT2D eigenvalue weighted by Crippen LogP contribution is -2.22. The molecule has 0 fully saturated rings. The normalized spacial score (nSPS) is 11.5. The molecule has 0 unspecified atom stereocenters. The van der Waals surface area contributed by atoms with Gasteiger partial charge in [-0.25, -0.2) is 22.7 Å². The van der Waals surface area contributed by atoms with Crippen LogP contribution in [0.5, 0.6) is 0 Å². The van der Waals surface area contributed by atoms with Crippen molar-refractivity contribution in [3.05, 3.63) is 42.4 Å². The SMILES string of the molecule is Cc1cc(SCC(=O)Nc2ccc(S(=O)(=O)N(C)C)cc2)ncn1. The third-order valence-electron chi connectivity index (χ3n) is 3.05. The van der Waals surface area contributed by atoms with Gasteiger partial charge in [0.1, 0.15) is 11.4 Å². The van der Waals surface area contributed by atoms with Gasteiger partial charge in [0.05, 0.1) is 10.6 Å². The van der Waals surface area contributed by atoms with Crippen LogP contribution in [-0.2, 0) is 14.8 Å². The first kappa shape index (κ1) is 18.4. The molecule has 0 bridgehead atoms. The molecule has 0 aliphatic heterocycles. The Kier molecular flexibility index (Phi) is 5.92. The van der Waals surface area contributed by atoms with E-state index in [1.807, 2.05) is 6.92 Å². The largest absolute Gasteiger partial charge is 0.325 e. The molecule has 1 aromatic carbocycles. The third kappa shape index (κ3) is 4.76. The monoisotopic (exact) mass is 366 g/mol. The highest BCUT2D eigenvalue weighted by molar-refractivity contribution is 7.99. The number of benzene rings is 1. The van der Waals surface area contributed by atoms with Crippen molar-refractivity contribution in [3.63, 3.8) is 0 Å². The summed E-state index contributed by atoms with van der Waals surface area (Å²) in [6.07, 6.45) is 1.46. The first-order valence-corrected chi connectivity index (χ1v) is 9.45. The minimum absolute atomic E-state index is 0.177. The molecule has 0 atom stereocenters. The fourth-order valence-corrected chi connectivity index (χ4v) is 3.39. The minimum atomic E-state index is -3.47. The molecule has 1 N–H and O–H groups in total. The van der Waals surface area contributed by atoms with Crippen molar-refractivity contribution in [3.8, 4) is 0 Å². The number of amides is 1. The second-order valence-corrected chi connectivity index (χ2v) is 8.29. The van der Waals surface area contributed by atoms with Crippen molar-refractivity contribution >= 4 is 33.4 Å². The molecule has 1 aromatic heterocycles. The van der Waals surface area contributed by atoms with Gasteiger partial charge in [-0.05, 0) is 37.3 Å². The van der Waals surface area contributed by atoms with Crippen LogP contribution < -0.4 is 5.32 Å². The molecule has 24 heavy (non-hydrogen) atoms. The van der Waals surface area contributed by atoms with Gasteiger partial charge in [-0.3, -0.25) is 4.79 Å². The molecule has 2 aromatic rings. The third-order valence-corrected chi connectivity index (χ3v) is 5.80. The van der Waals surface area contributed by atoms with Crippen LogP contribution in [0.2, 0.25) is 0 Å². The van der Waals surface area contributed by atoms with Gasteiger partial charge >= 0.3 is 0 Å². The van der Waals surface area contributed by atoms with E-state index in [0.29, 0.717) is 5.69 Å². The fraction of sp³-hybridized carbons (Fsp3) is 0.267. The Balaban J connectivity index is 1.95. The molecule has 1 heterocycles. The summed E-state index contributed by atoms with van der Waals surface area (Å²) in [7, 11) is -0.531. The van der Waals surface area contributed by atoms with Crippen LogP contribution in [-0.4, -0.2) is 48.4 Å². The Hall–Kier alpha value is -1.97. The molecule has 0 saturated carbocycles. The van der Waals surface area contributed by atoms with E-state index in [-0.39, 0.29) is 16.6 Å². The predicted octanol–water partition coefficient (Wildman–Crippen LogP) is 1.77. The van der Waals surface area contributed by atoms with Gasteiger partial charge in [0.25, 0.3) is 0 Å². The number of hydrogen-bond donors (Lipinski definition) is 1. The predicted molar refractivity (Wildman–Crippen MR) is 93.4 cm³/mol. The summed E-state index contributed by atoms with van der Waals surface area (Å²) >= 11 is 1.31. The number of sulfonamides is 1. The highest BCUT2D eigenvalue weighted by Gasteiger charge is 2.16. The van der Waals surface area contributed by atoms with Crippen molar-refractivity contribution in [1.82, 2.24) is 14.3 Å². The molecule has 0 spiro atoms. The number of thioether (sulfide) groups is 1. The van der Waals surface area contributed by atoms with E-state index in [1.165, 1.54) is 44.3 Å². The standard InChI is InChI=1S/C15H18N4O3S2/c1-11-8-15(17-10-16-11)23-9-14(20)18-12-4-6-13(7-5-12)24(21,22)19(2)3/h4-8,10H,9H2,1-3H3,(H,18,20). The maximum atomic E-state index is 12.0. The summed E-state index contributed by atoms with van der Waals surface area (Å²) in [5.41, 5.74) is 1.38. The number of hydrogen-bond acceptors (Lipinski definition) is 6. The van der Waals surface area contributed by atoms with Crippen molar-refractivity contribution in [2.45, 2.75) is 16.8 Å². The van der Waals surface area contributed by atoms with Crippen LogP contribution in [0, 0.1) is 6.92 Å². The van der Waals surface area contributed by atoms with E-state index in [9.17, 15) is 13.2 Å². The smallest absolute Gasteiger partial charge is 0.242 e. The zero-order valence-electron chi connectivity index (χ0n) is 13.6. The lowest BCUT2D eigenvalue weighted by molar-refractivity contribution is -0.113. The van der Waals surface area contributed by atoms with Gasteiger partial charge in [0, 0.05) is 25.5 Å². The number of rotatable bonds is 6. The number of carbonyl (C=O) groups excluding carboxylic acids is 1. The first-order chi connectivity index (χ1) is 11.3. The molecule has 0 aliphatic carbocycles. The Morgan fingerprint density at radius 2 is 1.88 bits per heavy atom. The number of carbonyl (C=O) groups is 1. The van der Waals surface area contributed by atoms with Gasteiger partial charge in [-0.1, -0.05) is 11.8 Å². The van der Waals surface area contributed by atoms with E-state index in [4.69, 9.17) is 0 Å². The van der Waals surface area contributed by atoms with Gasteiger partial charge in [-0.15, -0.1) is 0 Å². The van der Waals surface area contributed by atoms with E-state index in [0.717, 1.165) is 15.0 Å². The van der Waals surface area contributed by atoms with Crippen LogP contribution in [0.15, 0.2) is 46.6 Å². The average Bonchev–Trinajstić information content (AvgIpc) is 2.53. The van der Waals surface area contributed by atoms with Crippen LogP contribution >= 0.6 is 11.8 Å². The van der Waals surface area contributed by atoms with Gasteiger partial charge < -0.3 is 5.32 Å². The number of nitrogens with one attached hydrogen (secondary N) is 1. The highest BCUT2D eigenvalue weighted by Crippen LogP contribution is 2.18. The number of aryl methyl sites for hydroxylation is 1. The Morgan fingerprint density at radius 1 is 1.21 bits per heavy atom. The molecule has 2 rings (SSSR count). The minimum Gasteiger partial charge on any atom is -0.325 e. The second kappa shape index (κ2) is 7.73. The summed E-state index contributed by atoms with van der Waals surface area (Å²) in [6.45, 7) is 1.86. The molecule has 128 valence electrons. The summed E-state index contributed by atoms with van der Waals surface area (Å²) in [6, 6.07) is 7.86. The summed E-state index contributed by atoms with van der Waals surface area (Å²) in [5, 5.41) is 3.45. The fourth-order valence-electron chi connectivity index (χ4n) is 1.77. The van der Waals surface area contributed by atoms with Crippen molar-refractivity contribution in [1.29, 1.82) is 0 Å². The molecule has 0 aliphatic rings. The average molecular weight is 366 g/mol. The zero-order chi connectivity index (χ0) is 17.7. The first-order valence-electron chi connectivity index (χ1n) is 7.03. The van der Waals surface area contributed by atoms with E-state index < -0.39 is 10.0 Å². The molecular formula is C15H18N4O3S2. The van der Waals surface area contributed by atoms with Crippen molar-refractivity contribution in [2.75, 3.05) is 25.2 Å². The van der Waals surface area contributed by atoms with Gasteiger partial charge in [0.2, 0.25) is 15.9 Å². The summed E-state index contributed by atoms with van der Waals surface area (Å²) in [4.78, 5) is 20.2.